The summed E-state index contributed by atoms with van der Waals surface area (Å²) in [6.07, 6.45) is 7.46. The van der Waals surface area contributed by atoms with Gasteiger partial charge in [0.15, 0.2) is 0 Å². The SMILES string of the molecule is CCN(c1cc(-c2ccnc(NC)c2)c[nH]c1=O)C1CCN(C(=O)C=CCN)C1. The first-order valence-corrected chi connectivity index (χ1v) is 9.86. The molecule has 3 rings (SSSR count). The van der Waals surface area contributed by atoms with Gasteiger partial charge in [0.25, 0.3) is 5.56 Å². The van der Waals surface area contributed by atoms with Crippen molar-refractivity contribution >= 4 is 17.4 Å². The number of aromatic nitrogens is 2. The molecular formula is C21H28N6O2. The van der Waals surface area contributed by atoms with Crippen LogP contribution in [0.4, 0.5) is 11.5 Å². The molecule has 1 saturated heterocycles. The Morgan fingerprint density at radius 2 is 2.28 bits per heavy atom. The van der Waals surface area contributed by atoms with E-state index in [0.717, 1.165) is 23.4 Å². The second-order valence-corrected chi connectivity index (χ2v) is 6.93. The first-order valence-electron chi connectivity index (χ1n) is 9.86. The highest BCUT2D eigenvalue weighted by atomic mass is 16.2. The lowest BCUT2D eigenvalue weighted by molar-refractivity contribution is -0.125. The van der Waals surface area contributed by atoms with Gasteiger partial charge in [0.05, 0.1) is 0 Å². The summed E-state index contributed by atoms with van der Waals surface area (Å²) >= 11 is 0. The van der Waals surface area contributed by atoms with Crippen LogP contribution < -0.4 is 21.5 Å². The fourth-order valence-electron chi connectivity index (χ4n) is 3.69. The third-order valence-electron chi connectivity index (χ3n) is 5.20. The number of hydrogen-bond acceptors (Lipinski definition) is 6. The lowest BCUT2D eigenvalue weighted by atomic mass is 10.1. The first-order chi connectivity index (χ1) is 14.1. The highest BCUT2D eigenvalue weighted by Gasteiger charge is 2.30. The zero-order chi connectivity index (χ0) is 20.8. The Morgan fingerprint density at radius 1 is 1.45 bits per heavy atom. The molecule has 2 aromatic rings. The number of anilines is 2. The monoisotopic (exact) mass is 396 g/mol. The minimum atomic E-state index is -0.133. The molecule has 4 N–H and O–H groups in total. The van der Waals surface area contributed by atoms with Gasteiger partial charge in [-0.2, -0.15) is 0 Å². The van der Waals surface area contributed by atoms with Gasteiger partial charge in [0.2, 0.25) is 5.91 Å². The largest absolute Gasteiger partial charge is 0.373 e. The van der Waals surface area contributed by atoms with Crippen LogP contribution in [0.3, 0.4) is 0 Å². The predicted octanol–water partition coefficient (Wildman–Crippen LogP) is 1.42. The molecule has 1 amide bonds. The molecule has 0 spiro atoms. The molecule has 29 heavy (non-hydrogen) atoms. The molecule has 8 heteroatoms. The number of hydrogen-bond donors (Lipinski definition) is 3. The number of carbonyl (C=O) groups excluding carboxylic acids is 1. The van der Waals surface area contributed by atoms with Crippen LogP contribution in [0.25, 0.3) is 11.1 Å². The topological polar surface area (TPSA) is 107 Å². The van der Waals surface area contributed by atoms with Gasteiger partial charge in [-0.25, -0.2) is 4.98 Å². The lowest BCUT2D eigenvalue weighted by Gasteiger charge is -2.29. The number of rotatable bonds is 7. The molecule has 154 valence electrons. The van der Waals surface area contributed by atoms with Crippen LogP contribution in [0.5, 0.6) is 0 Å². The average molecular weight is 396 g/mol. The molecule has 0 saturated carbocycles. The van der Waals surface area contributed by atoms with Crippen molar-refractivity contribution in [1.82, 2.24) is 14.9 Å². The molecule has 1 aliphatic heterocycles. The summed E-state index contributed by atoms with van der Waals surface area (Å²) < 4.78 is 0. The predicted molar refractivity (Wildman–Crippen MR) is 116 cm³/mol. The number of carbonyl (C=O) groups is 1. The van der Waals surface area contributed by atoms with Gasteiger partial charge < -0.3 is 25.8 Å². The first kappa shape index (κ1) is 20.6. The van der Waals surface area contributed by atoms with Crippen LogP contribution >= 0.6 is 0 Å². The summed E-state index contributed by atoms with van der Waals surface area (Å²) in [4.78, 5) is 35.9. The second kappa shape index (κ2) is 9.38. The smallest absolute Gasteiger partial charge is 0.271 e. The van der Waals surface area contributed by atoms with E-state index < -0.39 is 0 Å². The summed E-state index contributed by atoms with van der Waals surface area (Å²) in [5, 5.41) is 3.03. The van der Waals surface area contributed by atoms with Crippen LogP contribution in [-0.4, -0.2) is 60.0 Å². The van der Waals surface area contributed by atoms with Crippen LogP contribution in [0, 0.1) is 0 Å². The van der Waals surface area contributed by atoms with E-state index in [4.69, 9.17) is 5.73 Å². The molecule has 0 bridgehead atoms. The van der Waals surface area contributed by atoms with Crippen LogP contribution in [-0.2, 0) is 4.79 Å². The fraction of sp³-hybridized carbons (Fsp3) is 0.381. The van der Waals surface area contributed by atoms with Crippen molar-refractivity contribution in [3.8, 4) is 11.1 Å². The van der Waals surface area contributed by atoms with E-state index in [1.165, 1.54) is 6.08 Å². The number of likely N-dealkylation sites (tertiary alicyclic amines) is 1. The van der Waals surface area contributed by atoms with Crippen molar-refractivity contribution in [1.29, 1.82) is 0 Å². The zero-order valence-corrected chi connectivity index (χ0v) is 16.9. The van der Waals surface area contributed by atoms with E-state index in [1.54, 1.807) is 23.4 Å². The Kier molecular flexibility index (Phi) is 6.66. The van der Waals surface area contributed by atoms with Crippen molar-refractivity contribution in [3.63, 3.8) is 0 Å². The third kappa shape index (κ3) is 4.65. The molecule has 1 aliphatic rings. The fourth-order valence-corrected chi connectivity index (χ4v) is 3.69. The van der Waals surface area contributed by atoms with Crippen LogP contribution in [0.15, 0.2) is 47.5 Å². The summed E-state index contributed by atoms with van der Waals surface area (Å²) in [5.41, 5.74) is 7.79. The van der Waals surface area contributed by atoms with Gasteiger partial charge in [-0.15, -0.1) is 0 Å². The molecule has 0 radical (unpaired) electrons. The molecule has 3 heterocycles. The normalized spacial score (nSPS) is 16.4. The molecule has 8 nitrogen and oxygen atoms in total. The van der Waals surface area contributed by atoms with Gasteiger partial charge >= 0.3 is 0 Å². The van der Waals surface area contributed by atoms with Crippen molar-refractivity contribution < 1.29 is 4.79 Å². The zero-order valence-electron chi connectivity index (χ0n) is 16.9. The molecular weight excluding hydrogens is 368 g/mol. The Balaban J connectivity index is 1.85. The highest BCUT2D eigenvalue weighted by molar-refractivity contribution is 5.88. The number of amides is 1. The van der Waals surface area contributed by atoms with E-state index in [0.29, 0.717) is 31.9 Å². The quantitative estimate of drug-likeness (QED) is 0.611. The maximum absolute atomic E-state index is 12.6. The van der Waals surface area contributed by atoms with Gasteiger partial charge in [0.1, 0.15) is 11.5 Å². The van der Waals surface area contributed by atoms with Crippen molar-refractivity contribution in [3.05, 3.63) is 53.1 Å². The number of pyridine rings is 2. The molecule has 2 aromatic heterocycles. The van der Waals surface area contributed by atoms with E-state index in [9.17, 15) is 9.59 Å². The van der Waals surface area contributed by atoms with Crippen molar-refractivity contribution in [2.24, 2.45) is 5.73 Å². The maximum Gasteiger partial charge on any atom is 0.271 e. The van der Waals surface area contributed by atoms with Gasteiger partial charge in [-0.3, -0.25) is 9.59 Å². The Bertz CT molecular complexity index is 939. The summed E-state index contributed by atoms with van der Waals surface area (Å²) in [7, 11) is 1.82. The number of nitrogens with one attached hydrogen (secondary N) is 2. The van der Waals surface area contributed by atoms with E-state index in [2.05, 4.69) is 20.2 Å². The minimum Gasteiger partial charge on any atom is -0.373 e. The van der Waals surface area contributed by atoms with Crippen molar-refractivity contribution in [2.75, 3.05) is 43.4 Å². The molecule has 1 fully saturated rings. The summed E-state index contributed by atoms with van der Waals surface area (Å²) in [6.45, 7) is 4.30. The summed E-state index contributed by atoms with van der Waals surface area (Å²) in [5.74, 6) is 0.728. The standard InChI is InChI=1S/C21H28N6O2/c1-3-27(17-7-10-26(14-17)20(28)5-4-8-22)18-11-16(13-25-21(18)29)15-6-9-24-19(12-15)23-2/h4-6,9,11-13,17H,3,7-8,10,14,22H2,1-2H3,(H,23,24)(H,25,29). The molecule has 0 aromatic carbocycles. The third-order valence-corrected chi connectivity index (χ3v) is 5.20. The minimum absolute atomic E-state index is 0.0342. The highest BCUT2D eigenvalue weighted by Crippen LogP contribution is 2.26. The number of likely N-dealkylation sites (N-methyl/N-ethyl adjacent to an activating group) is 1. The molecule has 0 aliphatic carbocycles. The Labute approximate surface area is 170 Å². The van der Waals surface area contributed by atoms with Gasteiger partial charge in [-0.05, 0) is 37.1 Å². The van der Waals surface area contributed by atoms with Crippen LogP contribution in [0.1, 0.15) is 13.3 Å². The maximum atomic E-state index is 12.6. The Hall–Kier alpha value is -3.13. The van der Waals surface area contributed by atoms with Crippen LogP contribution in [0.2, 0.25) is 0 Å². The number of aromatic amines is 1. The molecule has 1 unspecified atom stereocenters. The average Bonchev–Trinajstić information content (AvgIpc) is 3.24. The van der Waals surface area contributed by atoms with Crippen molar-refractivity contribution in [2.45, 2.75) is 19.4 Å². The summed E-state index contributed by atoms with van der Waals surface area (Å²) in [6, 6.07) is 5.86. The van der Waals surface area contributed by atoms with E-state index >= 15 is 0 Å². The lowest BCUT2D eigenvalue weighted by Crippen LogP contribution is -2.41. The second-order valence-electron chi connectivity index (χ2n) is 6.93. The molecule has 1 atom stereocenters. The van der Waals surface area contributed by atoms with Gasteiger partial charge in [-0.1, -0.05) is 6.08 Å². The van der Waals surface area contributed by atoms with E-state index in [1.807, 2.05) is 32.2 Å². The Morgan fingerprint density at radius 3 is 3.00 bits per heavy atom. The number of nitrogens with two attached hydrogens (primary N) is 1. The number of nitrogens with zero attached hydrogens (tertiary/aromatic N) is 3. The van der Waals surface area contributed by atoms with E-state index in [-0.39, 0.29) is 17.5 Å². The number of H-pyrrole nitrogens is 1. The van der Waals surface area contributed by atoms with Gasteiger partial charge in [0, 0.05) is 63.3 Å².